The van der Waals surface area contributed by atoms with Crippen LogP contribution in [0.4, 0.5) is 0 Å². The van der Waals surface area contributed by atoms with E-state index in [0.717, 1.165) is 37.3 Å². The second kappa shape index (κ2) is 6.18. The second-order valence-corrected chi connectivity index (χ2v) is 5.44. The van der Waals surface area contributed by atoms with Crippen LogP contribution in [-0.2, 0) is 12.8 Å². The largest absolute Gasteiger partial charge is 0.334 e. The molecule has 4 nitrogen and oxygen atoms in total. The molecular formula is C16H21N3O. The number of aromatic nitrogens is 2. The Kier molecular flexibility index (Phi) is 4.11. The van der Waals surface area contributed by atoms with E-state index in [-0.39, 0.29) is 0 Å². The van der Waals surface area contributed by atoms with Crippen molar-refractivity contribution in [2.24, 2.45) is 5.92 Å². The molecule has 1 saturated heterocycles. The van der Waals surface area contributed by atoms with Crippen LogP contribution < -0.4 is 5.32 Å². The highest BCUT2D eigenvalue weighted by atomic mass is 16.5. The van der Waals surface area contributed by atoms with Gasteiger partial charge in [-0.3, -0.25) is 0 Å². The summed E-state index contributed by atoms with van der Waals surface area (Å²) >= 11 is 0. The molecule has 1 aliphatic rings. The molecule has 0 bridgehead atoms. The molecule has 1 atom stereocenters. The number of piperidine rings is 1. The summed E-state index contributed by atoms with van der Waals surface area (Å²) < 4.78 is 5.45. The fraction of sp³-hybridized carbons (Fsp3) is 0.500. The molecule has 1 N–H and O–H groups in total. The van der Waals surface area contributed by atoms with Gasteiger partial charge < -0.3 is 9.84 Å². The Hall–Kier alpha value is -1.68. The molecule has 2 aromatic rings. The van der Waals surface area contributed by atoms with Gasteiger partial charge >= 0.3 is 0 Å². The molecule has 3 rings (SSSR count). The lowest BCUT2D eigenvalue weighted by Crippen LogP contribution is -2.31. The molecule has 20 heavy (non-hydrogen) atoms. The summed E-state index contributed by atoms with van der Waals surface area (Å²) in [7, 11) is 0. The van der Waals surface area contributed by atoms with Crippen molar-refractivity contribution < 1.29 is 4.52 Å². The summed E-state index contributed by atoms with van der Waals surface area (Å²) in [5.74, 6) is 2.12. The molecule has 4 heteroatoms. The summed E-state index contributed by atoms with van der Waals surface area (Å²) in [4.78, 5) is 4.58. The summed E-state index contributed by atoms with van der Waals surface area (Å²) in [6, 6.07) is 8.24. The van der Waals surface area contributed by atoms with Gasteiger partial charge in [-0.05, 0) is 49.9 Å². The van der Waals surface area contributed by atoms with Crippen LogP contribution in [0, 0.1) is 5.92 Å². The zero-order chi connectivity index (χ0) is 13.8. The minimum absolute atomic E-state index is 0.635. The Bertz CT molecular complexity index is 558. The molecule has 0 saturated carbocycles. The predicted octanol–water partition coefficient (Wildman–Crippen LogP) is 2.84. The Labute approximate surface area is 119 Å². The number of aryl methyl sites for hydroxylation is 1. The van der Waals surface area contributed by atoms with E-state index in [1.165, 1.54) is 18.4 Å². The van der Waals surface area contributed by atoms with Gasteiger partial charge in [0.05, 0.1) is 0 Å². The van der Waals surface area contributed by atoms with Crippen LogP contribution in [0.3, 0.4) is 0 Å². The first-order valence-corrected chi connectivity index (χ1v) is 7.48. The summed E-state index contributed by atoms with van der Waals surface area (Å²) in [6.45, 7) is 4.34. The summed E-state index contributed by atoms with van der Waals surface area (Å²) in [5.41, 5.74) is 2.32. The quantitative estimate of drug-likeness (QED) is 0.929. The van der Waals surface area contributed by atoms with Gasteiger partial charge in [-0.25, -0.2) is 0 Å². The minimum atomic E-state index is 0.635. The summed E-state index contributed by atoms with van der Waals surface area (Å²) in [6.07, 6.45) is 4.38. The maximum atomic E-state index is 5.45. The third kappa shape index (κ3) is 2.90. The van der Waals surface area contributed by atoms with Crippen LogP contribution in [0.25, 0.3) is 11.5 Å². The van der Waals surface area contributed by atoms with E-state index in [0.29, 0.717) is 11.8 Å². The van der Waals surface area contributed by atoms with E-state index < -0.39 is 0 Å². The first kappa shape index (κ1) is 13.3. The van der Waals surface area contributed by atoms with Crippen molar-refractivity contribution in [2.45, 2.75) is 32.6 Å². The van der Waals surface area contributed by atoms with Crippen LogP contribution in [0.5, 0.6) is 0 Å². The fourth-order valence-electron chi connectivity index (χ4n) is 2.84. The lowest BCUT2D eigenvalue weighted by atomic mass is 9.96. The first-order valence-electron chi connectivity index (χ1n) is 7.48. The van der Waals surface area contributed by atoms with Crippen molar-refractivity contribution in [1.82, 2.24) is 15.5 Å². The number of nitrogens with one attached hydrogen (secondary N) is 1. The minimum Gasteiger partial charge on any atom is -0.334 e. The smallest absolute Gasteiger partial charge is 0.258 e. The van der Waals surface area contributed by atoms with E-state index in [9.17, 15) is 0 Å². The molecule has 0 spiro atoms. The number of hydrogen-bond donors (Lipinski definition) is 1. The maximum Gasteiger partial charge on any atom is 0.258 e. The molecular weight excluding hydrogens is 250 g/mol. The average molecular weight is 271 g/mol. The Morgan fingerprint density at radius 1 is 1.35 bits per heavy atom. The lowest BCUT2D eigenvalue weighted by molar-refractivity contribution is 0.360. The monoisotopic (exact) mass is 271 g/mol. The zero-order valence-corrected chi connectivity index (χ0v) is 11.9. The molecule has 1 fully saturated rings. The van der Waals surface area contributed by atoms with Crippen molar-refractivity contribution in [3.05, 3.63) is 35.7 Å². The van der Waals surface area contributed by atoms with Crippen LogP contribution in [0.1, 0.15) is 31.2 Å². The molecule has 0 aliphatic carbocycles. The van der Waals surface area contributed by atoms with Crippen LogP contribution in [-0.4, -0.2) is 23.2 Å². The van der Waals surface area contributed by atoms with Crippen molar-refractivity contribution >= 4 is 0 Å². The molecule has 1 aromatic carbocycles. The van der Waals surface area contributed by atoms with E-state index in [1.807, 2.05) is 12.1 Å². The Morgan fingerprint density at radius 2 is 2.25 bits per heavy atom. The van der Waals surface area contributed by atoms with Crippen LogP contribution >= 0.6 is 0 Å². The van der Waals surface area contributed by atoms with Gasteiger partial charge in [-0.2, -0.15) is 4.98 Å². The third-order valence-electron chi connectivity index (χ3n) is 3.97. The van der Waals surface area contributed by atoms with Crippen molar-refractivity contribution in [2.75, 3.05) is 13.1 Å². The van der Waals surface area contributed by atoms with Gasteiger partial charge in [0.15, 0.2) is 5.82 Å². The van der Waals surface area contributed by atoms with Crippen LogP contribution in [0.2, 0.25) is 0 Å². The molecule has 1 unspecified atom stereocenters. The SMILES string of the molecule is CCc1ccccc1-c1nc(CC2CCCNC2)no1. The molecule has 106 valence electrons. The van der Waals surface area contributed by atoms with Gasteiger partial charge in [-0.15, -0.1) is 0 Å². The Morgan fingerprint density at radius 3 is 3.05 bits per heavy atom. The first-order chi connectivity index (χ1) is 9.86. The number of nitrogens with zero attached hydrogens (tertiary/aromatic N) is 2. The topological polar surface area (TPSA) is 51.0 Å². The van der Waals surface area contributed by atoms with Gasteiger partial charge in [0.25, 0.3) is 5.89 Å². The summed E-state index contributed by atoms with van der Waals surface area (Å²) in [5, 5.41) is 7.57. The molecule has 1 aliphatic heterocycles. The van der Waals surface area contributed by atoms with E-state index in [1.54, 1.807) is 0 Å². The highest BCUT2D eigenvalue weighted by Gasteiger charge is 2.18. The van der Waals surface area contributed by atoms with Crippen molar-refractivity contribution in [1.29, 1.82) is 0 Å². The number of hydrogen-bond acceptors (Lipinski definition) is 4. The fourth-order valence-corrected chi connectivity index (χ4v) is 2.84. The van der Waals surface area contributed by atoms with Crippen molar-refractivity contribution in [3.63, 3.8) is 0 Å². The third-order valence-corrected chi connectivity index (χ3v) is 3.97. The molecule has 0 radical (unpaired) electrons. The van der Waals surface area contributed by atoms with Gasteiger partial charge in [0.1, 0.15) is 0 Å². The maximum absolute atomic E-state index is 5.45. The van der Waals surface area contributed by atoms with Gasteiger partial charge in [-0.1, -0.05) is 30.3 Å². The average Bonchev–Trinajstić information content (AvgIpc) is 2.96. The normalized spacial score (nSPS) is 19.1. The zero-order valence-electron chi connectivity index (χ0n) is 11.9. The Balaban J connectivity index is 1.75. The standard InChI is InChI=1S/C16H21N3O/c1-2-13-7-3-4-8-14(13)16-18-15(19-20-16)10-12-6-5-9-17-11-12/h3-4,7-8,12,17H,2,5-6,9-11H2,1H3. The molecule has 0 amide bonds. The van der Waals surface area contributed by atoms with E-state index in [4.69, 9.17) is 4.52 Å². The lowest BCUT2D eigenvalue weighted by Gasteiger charge is -2.20. The van der Waals surface area contributed by atoms with Gasteiger partial charge in [0.2, 0.25) is 0 Å². The van der Waals surface area contributed by atoms with E-state index >= 15 is 0 Å². The van der Waals surface area contributed by atoms with E-state index in [2.05, 4.69) is 34.5 Å². The number of benzene rings is 1. The molecule has 2 heterocycles. The highest BCUT2D eigenvalue weighted by Crippen LogP contribution is 2.23. The second-order valence-electron chi connectivity index (χ2n) is 5.44. The predicted molar refractivity (Wildman–Crippen MR) is 78.4 cm³/mol. The van der Waals surface area contributed by atoms with Crippen molar-refractivity contribution in [3.8, 4) is 11.5 Å². The molecule has 1 aromatic heterocycles. The van der Waals surface area contributed by atoms with Crippen LogP contribution in [0.15, 0.2) is 28.8 Å². The van der Waals surface area contributed by atoms with Gasteiger partial charge in [0, 0.05) is 12.0 Å². The number of rotatable bonds is 4. The highest BCUT2D eigenvalue weighted by molar-refractivity contribution is 5.58.